The molecule has 0 aliphatic heterocycles. The van der Waals surface area contributed by atoms with Gasteiger partial charge in [0.2, 0.25) is 0 Å². The van der Waals surface area contributed by atoms with Gasteiger partial charge in [0.1, 0.15) is 5.82 Å². The van der Waals surface area contributed by atoms with E-state index in [9.17, 15) is 4.79 Å². The average Bonchev–Trinajstić information content (AvgIpc) is 3.08. The van der Waals surface area contributed by atoms with E-state index in [1.807, 2.05) is 24.0 Å². The molecule has 0 radical (unpaired) electrons. The molecule has 1 fully saturated rings. The van der Waals surface area contributed by atoms with Gasteiger partial charge >= 0.3 is 0 Å². The maximum Gasteiger partial charge on any atom is 0.260 e. The molecule has 6 heteroatoms. The van der Waals surface area contributed by atoms with E-state index >= 15 is 0 Å². The van der Waals surface area contributed by atoms with E-state index in [4.69, 9.17) is 5.10 Å². The summed E-state index contributed by atoms with van der Waals surface area (Å²) in [4.78, 5) is 13.0. The van der Waals surface area contributed by atoms with E-state index in [0.29, 0.717) is 11.5 Å². The van der Waals surface area contributed by atoms with Gasteiger partial charge in [-0.3, -0.25) is 14.2 Å². The molecule has 1 saturated carbocycles. The minimum atomic E-state index is -0.213. The molecule has 0 atom stereocenters. The second kappa shape index (κ2) is 5.71. The number of nitrogens with zero attached hydrogens (tertiary/aromatic N) is 4. The van der Waals surface area contributed by atoms with Crippen molar-refractivity contribution < 1.29 is 4.79 Å². The van der Waals surface area contributed by atoms with Crippen molar-refractivity contribution in [3.05, 3.63) is 29.2 Å². The average molecular weight is 343 g/mol. The quantitative estimate of drug-likeness (QED) is 0.922. The minimum absolute atomic E-state index is 0.134. The van der Waals surface area contributed by atoms with E-state index in [1.165, 1.54) is 12.8 Å². The third-order valence-corrected chi connectivity index (χ3v) is 4.49. The first-order valence-corrected chi connectivity index (χ1v) is 8.93. The molecule has 1 aliphatic carbocycles. The van der Waals surface area contributed by atoms with Crippen LogP contribution in [0.3, 0.4) is 0 Å². The molecule has 0 aromatic carbocycles. The summed E-state index contributed by atoms with van der Waals surface area (Å²) in [7, 11) is 1.87. The zero-order valence-electron chi connectivity index (χ0n) is 16.3. The molecule has 1 amide bonds. The van der Waals surface area contributed by atoms with Crippen molar-refractivity contribution in [2.45, 2.75) is 71.3 Å². The molecule has 2 heterocycles. The van der Waals surface area contributed by atoms with Crippen LogP contribution in [0.4, 0.5) is 5.82 Å². The summed E-state index contributed by atoms with van der Waals surface area (Å²) in [5, 5.41) is 12.2. The highest BCUT2D eigenvalue weighted by Crippen LogP contribution is 2.40. The highest BCUT2D eigenvalue weighted by atomic mass is 16.1. The molecule has 6 nitrogen and oxygen atoms in total. The van der Waals surface area contributed by atoms with Crippen molar-refractivity contribution in [1.29, 1.82) is 0 Å². The number of rotatable bonds is 3. The molecule has 0 saturated heterocycles. The second-order valence-electron chi connectivity index (χ2n) is 9.06. The Labute approximate surface area is 149 Å². The molecule has 3 rings (SSSR count). The summed E-state index contributed by atoms with van der Waals surface area (Å²) in [6, 6.07) is 1.99. The van der Waals surface area contributed by atoms with Crippen molar-refractivity contribution in [2.75, 3.05) is 5.32 Å². The van der Waals surface area contributed by atoms with Crippen molar-refractivity contribution in [3.8, 4) is 0 Å². The highest BCUT2D eigenvalue weighted by Gasteiger charge is 2.30. The van der Waals surface area contributed by atoms with Gasteiger partial charge in [-0.1, -0.05) is 20.8 Å². The van der Waals surface area contributed by atoms with E-state index in [1.54, 1.807) is 4.68 Å². The fourth-order valence-corrected chi connectivity index (χ4v) is 2.81. The zero-order chi connectivity index (χ0) is 18.6. The number of carbonyl (C=O) groups is 1. The lowest BCUT2D eigenvalue weighted by atomic mass is 9.89. The molecule has 0 unspecified atom stereocenters. The Morgan fingerprint density at radius 3 is 2.32 bits per heavy atom. The van der Waals surface area contributed by atoms with E-state index in [-0.39, 0.29) is 16.9 Å². The van der Waals surface area contributed by atoms with Crippen LogP contribution in [0.2, 0.25) is 0 Å². The monoisotopic (exact) mass is 343 g/mol. The zero-order valence-corrected chi connectivity index (χ0v) is 16.3. The second-order valence-corrected chi connectivity index (χ2v) is 9.06. The lowest BCUT2D eigenvalue weighted by Crippen LogP contribution is -2.23. The Hall–Kier alpha value is -2.11. The first-order valence-electron chi connectivity index (χ1n) is 8.93. The van der Waals surface area contributed by atoms with Crippen LogP contribution in [0.25, 0.3) is 0 Å². The molecule has 2 aromatic heterocycles. The van der Waals surface area contributed by atoms with Crippen LogP contribution in [0.5, 0.6) is 0 Å². The van der Waals surface area contributed by atoms with Gasteiger partial charge in [-0.05, 0) is 33.6 Å². The summed E-state index contributed by atoms with van der Waals surface area (Å²) in [6.07, 6.45) is 4.24. The third-order valence-electron chi connectivity index (χ3n) is 4.49. The van der Waals surface area contributed by atoms with Gasteiger partial charge in [-0.15, -0.1) is 0 Å². The molecular weight excluding hydrogens is 314 g/mol. The molecule has 25 heavy (non-hydrogen) atoms. The minimum Gasteiger partial charge on any atom is -0.307 e. The summed E-state index contributed by atoms with van der Waals surface area (Å²) in [6.45, 7) is 12.5. The Bertz CT molecular complexity index is 797. The van der Waals surface area contributed by atoms with Gasteiger partial charge in [-0.25, -0.2) is 0 Å². The van der Waals surface area contributed by atoms with Crippen LogP contribution in [0.1, 0.15) is 82.0 Å². The van der Waals surface area contributed by atoms with Gasteiger partial charge < -0.3 is 5.32 Å². The summed E-state index contributed by atoms with van der Waals surface area (Å²) >= 11 is 0. The number of aryl methyl sites for hydroxylation is 1. The third kappa shape index (κ3) is 3.62. The van der Waals surface area contributed by atoms with Crippen LogP contribution in [-0.4, -0.2) is 25.5 Å². The first-order chi connectivity index (χ1) is 11.5. The Morgan fingerprint density at radius 1 is 1.16 bits per heavy atom. The number of amides is 1. The molecular formula is C19H29N5O. The number of aromatic nitrogens is 4. The van der Waals surface area contributed by atoms with Crippen LogP contribution < -0.4 is 5.32 Å². The Morgan fingerprint density at radius 2 is 1.80 bits per heavy atom. The Balaban J connectivity index is 1.92. The Kier molecular flexibility index (Phi) is 4.05. The van der Waals surface area contributed by atoms with E-state index in [2.05, 4.69) is 52.0 Å². The van der Waals surface area contributed by atoms with Crippen LogP contribution >= 0.6 is 0 Å². The van der Waals surface area contributed by atoms with Crippen molar-refractivity contribution in [1.82, 2.24) is 19.6 Å². The molecule has 2 aromatic rings. The largest absolute Gasteiger partial charge is 0.307 e. The standard InChI is InChI=1S/C19H29N5O/c1-18(2,3)16-13(11-24(22-16)19(4,5)6)17(25)20-15-10-14(12-8-9-12)21-23(15)7/h10-12H,8-9H2,1-7H3,(H,20,25). The number of hydrogen-bond acceptors (Lipinski definition) is 3. The van der Waals surface area contributed by atoms with Crippen molar-refractivity contribution in [3.63, 3.8) is 0 Å². The van der Waals surface area contributed by atoms with Crippen molar-refractivity contribution >= 4 is 11.7 Å². The van der Waals surface area contributed by atoms with Crippen LogP contribution in [0, 0.1) is 0 Å². The molecule has 0 spiro atoms. The first kappa shape index (κ1) is 17.7. The predicted molar refractivity (Wildman–Crippen MR) is 99.1 cm³/mol. The fourth-order valence-electron chi connectivity index (χ4n) is 2.81. The number of carbonyl (C=O) groups excluding carboxylic acids is 1. The molecule has 136 valence electrons. The summed E-state index contributed by atoms with van der Waals surface area (Å²) in [5.41, 5.74) is 2.11. The van der Waals surface area contributed by atoms with E-state index < -0.39 is 0 Å². The van der Waals surface area contributed by atoms with Crippen LogP contribution in [-0.2, 0) is 18.0 Å². The van der Waals surface area contributed by atoms with Gasteiger partial charge in [0, 0.05) is 30.6 Å². The predicted octanol–water partition coefficient (Wildman–Crippen LogP) is 3.80. The van der Waals surface area contributed by atoms with Crippen molar-refractivity contribution in [2.24, 2.45) is 7.05 Å². The van der Waals surface area contributed by atoms with Gasteiger partial charge in [-0.2, -0.15) is 10.2 Å². The molecule has 0 bridgehead atoms. The van der Waals surface area contributed by atoms with Crippen LogP contribution in [0.15, 0.2) is 12.3 Å². The SMILES string of the molecule is Cn1nc(C2CC2)cc1NC(=O)c1cn(C(C)(C)C)nc1C(C)(C)C. The van der Waals surface area contributed by atoms with Gasteiger partial charge in [0.05, 0.1) is 22.5 Å². The smallest absolute Gasteiger partial charge is 0.260 e. The maximum atomic E-state index is 13.0. The van der Waals surface area contributed by atoms with E-state index in [0.717, 1.165) is 17.2 Å². The number of anilines is 1. The summed E-state index contributed by atoms with van der Waals surface area (Å²) < 4.78 is 3.62. The number of nitrogens with one attached hydrogen (secondary N) is 1. The highest BCUT2D eigenvalue weighted by molar-refractivity contribution is 6.04. The molecule has 1 N–H and O–H groups in total. The normalized spacial score (nSPS) is 15.5. The topological polar surface area (TPSA) is 64.7 Å². The lowest BCUT2D eigenvalue weighted by molar-refractivity contribution is 0.102. The van der Waals surface area contributed by atoms with Gasteiger partial charge in [0.25, 0.3) is 5.91 Å². The molecule has 1 aliphatic rings. The lowest BCUT2D eigenvalue weighted by Gasteiger charge is -2.20. The fraction of sp³-hybridized carbons (Fsp3) is 0.632. The number of hydrogen-bond donors (Lipinski definition) is 1. The maximum absolute atomic E-state index is 13.0. The summed E-state index contributed by atoms with van der Waals surface area (Å²) in [5.74, 6) is 1.16. The van der Waals surface area contributed by atoms with Gasteiger partial charge in [0.15, 0.2) is 0 Å².